The number of rotatable bonds is 4. The molecule has 8 heteroatoms. The summed E-state index contributed by atoms with van der Waals surface area (Å²) in [5.74, 6) is 0.296. The quantitative estimate of drug-likeness (QED) is 0.882. The smallest absolute Gasteiger partial charge is 0.276 e. The van der Waals surface area contributed by atoms with Crippen molar-refractivity contribution in [3.63, 3.8) is 0 Å². The maximum absolute atomic E-state index is 12.6. The fourth-order valence-electron chi connectivity index (χ4n) is 3.35. The summed E-state index contributed by atoms with van der Waals surface area (Å²) in [5.41, 5.74) is 2.25. The van der Waals surface area contributed by atoms with Crippen LogP contribution in [0, 0.1) is 6.92 Å². The summed E-state index contributed by atoms with van der Waals surface area (Å²) in [6.07, 6.45) is 4.80. The van der Waals surface area contributed by atoms with Crippen molar-refractivity contribution in [2.75, 3.05) is 6.54 Å². The third kappa shape index (κ3) is 3.14. The van der Waals surface area contributed by atoms with Gasteiger partial charge < -0.3 is 9.32 Å². The van der Waals surface area contributed by atoms with Crippen LogP contribution in [0.25, 0.3) is 0 Å². The molecule has 1 fully saturated rings. The van der Waals surface area contributed by atoms with Gasteiger partial charge in [0.1, 0.15) is 5.76 Å². The summed E-state index contributed by atoms with van der Waals surface area (Å²) in [5, 5.41) is 0. The zero-order chi connectivity index (χ0) is 18.3. The highest BCUT2D eigenvalue weighted by Crippen LogP contribution is 2.26. The number of aryl methyl sites for hydroxylation is 1. The molecule has 1 saturated carbocycles. The summed E-state index contributed by atoms with van der Waals surface area (Å²) in [6.45, 7) is 2.65. The number of oxazole rings is 1. The van der Waals surface area contributed by atoms with Crippen LogP contribution in [0.15, 0.2) is 33.9 Å². The van der Waals surface area contributed by atoms with Gasteiger partial charge in [-0.25, -0.2) is 18.1 Å². The molecule has 26 heavy (non-hydrogen) atoms. The van der Waals surface area contributed by atoms with Crippen molar-refractivity contribution in [3.05, 3.63) is 47.2 Å². The largest absolute Gasteiger partial charge is 0.448 e. The molecule has 138 valence electrons. The molecule has 0 radical (unpaired) electrons. The SMILES string of the molecule is Cc1ocnc1C(=O)N1CCc2ccc(S(=O)(=O)NC3CCC3)cc2C1. The molecule has 0 atom stereocenters. The van der Waals surface area contributed by atoms with Crippen molar-refractivity contribution in [1.29, 1.82) is 0 Å². The molecule has 0 saturated heterocycles. The van der Waals surface area contributed by atoms with Crippen LogP contribution in [0.2, 0.25) is 0 Å². The second-order valence-corrected chi connectivity index (χ2v) is 8.63. The van der Waals surface area contributed by atoms with E-state index < -0.39 is 10.0 Å². The fourth-order valence-corrected chi connectivity index (χ4v) is 4.70. The average molecular weight is 375 g/mol. The average Bonchev–Trinajstić information content (AvgIpc) is 3.02. The molecule has 1 N–H and O–H groups in total. The van der Waals surface area contributed by atoms with Gasteiger partial charge in [0.05, 0.1) is 4.90 Å². The normalized spacial score (nSPS) is 17.7. The Kier molecular flexibility index (Phi) is 4.32. The minimum atomic E-state index is -3.52. The first-order valence-corrected chi connectivity index (χ1v) is 10.3. The van der Waals surface area contributed by atoms with Gasteiger partial charge >= 0.3 is 0 Å². The number of carbonyl (C=O) groups excluding carboxylic acids is 1. The lowest BCUT2D eigenvalue weighted by Gasteiger charge is -2.29. The Labute approximate surface area is 152 Å². The van der Waals surface area contributed by atoms with E-state index >= 15 is 0 Å². The Morgan fingerprint density at radius 1 is 1.31 bits per heavy atom. The van der Waals surface area contributed by atoms with Crippen molar-refractivity contribution in [2.45, 2.75) is 50.1 Å². The first-order valence-electron chi connectivity index (χ1n) is 8.77. The summed E-state index contributed by atoms with van der Waals surface area (Å²) < 4.78 is 33.0. The molecule has 1 aliphatic carbocycles. The Morgan fingerprint density at radius 3 is 2.77 bits per heavy atom. The number of benzene rings is 1. The van der Waals surface area contributed by atoms with Crippen molar-refractivity contribution in [2.24, 2.45) is 0 Å². The predicted octanol–water partition coefficient (Wildman–Crippen LogP) is 2.01. The van der Waals surface area contributed by atoms with Gasteiger partial charge in [-0.05, 0) is 49.4 Å². The number of carbonyl (C=O) groups is 1. The molecule has 0 spiro atoms. The van der Waals surface area contributed by atoms with E-state index in [-0.39, 0.29) is 16.8 Å². The van der Waals surface area contributed by atoms with Crippen LogP contribution in [-0.2, 0) is 23.0 Å². The van der Waals surface area contributed by atoms with Crippen LogP contribution >= 0.6 is 0 Å². The Balaban J connectivity index is 1.56. The van der Waals surface area contributed by atoms with Crippen LogP contribution in [0.5, 0.6) is 0 Å². The van der Waals surface area contributed by atoms with E-state index in [4.69, 9.17) is 4.42 Å². The topological polar surface area (TPSA) is 92.5 Å². The fraction of sp³-hybridized carbons (Fsp3) is 0.444. The maximum Gasteiger partial charge on any atom is 0.276 e. The third-order valence-corrected chi connectivity index (χ3v) is 6.68. The van der Waals surface area contributed by atoms with E-state index in [1.807, 2.05) is 6.07 Å². The zero-order valence-corrected chi connectivity index (χ0v) is 15.4. The molecule has 4 rings (SSSR count). The van der Waals surface area contributed by atoms with E-state index in [0.29, 0.717) is 31.0 Å². The van der Waals surface area contributed by atoms with Gasteiger partial charge in [0.15, 0.2) is 12.1 Å². The number of hydrogen-bond acceptors (Lipinski definition) is 5. The summed E-state index contributed by atoms with van der Waals surface area (Å²) in [7, 11) is -3.52. The molecule has 1 aromatic heterocycles. The van der Waals surface area contributed by atoms with Gasteiger partial charge in [0.2, 0.25) is 10.0 Å². The number of sulfonamides is 1. The molecule has 0 bridgehead atoms. The predicted molar refractivity (Wildman–Crippen MR) is 94.1 cm³/mol. The zero-order valence-electron chi connectivity index (χ0n) is 14.6. The monoisotopic (exact) mass is 375 g/mol. The molecular weight excluding hydrogens is 354 g/mol. The lowest BCUT2D eigenvalue weighted by molar-refractivity contribution is 0.0727. The Bertz CT molecular complexity index is 947. The first kappa shape index (κ1) is 17.2. The van der Waals surface area contributed by atoms with Gasteiger partial charge in [-0.3, -0.25) is 4.79 Å². The summed E-state index contributed by atoms with van der Waals surface area (Å²) in [4.78, 5) is 18.6. The van der Waals surface area contributed by atoms with Gasteiger partial charge in [-0.2, -0.15) is 0 Å². The Hall–Kier alpha value is -2.19. The molecule has 1 aromatic carbocycles. The lowest BCUT2D eigenvalue weighted by Crippen LogP contribution is -2.39. The van der Waals surface area contributed by atoms with E-state index in [1.165, 1.54) is 6.39 Å². The standard InChI is InChI=1S/C18H21N3O4S/c1-12-17(19-11-25-12)18(22)21-8-7-13-5-6-16(9-14(13)10-21)26(23,24)20-15-3-2-4-15/h5-6,9,11,15,20H,2-4,7-8,10H2,1H3. The van der Waals surface area contributed by atoms with Crippen molar-refractivity contribution in [1.82, 2.24) is 14.6 Å². The van der Waals surface area contributed by atoms with Crippen LogP contribution in [0.4, 0.5) is 0 Å². The molecule has 0 unspecified atom stereocenters. The van der Waals surface area contributed by atoms with Gasteiger partial charge in [-0.1, -0.05) is 12.5 Å². The molecule has 1 amide bonds. The number of hydrogen-bond donors (Lipinski definition) is 1. The highest BCUT2D eigenvalue weighted by Gasteiger charge is 2.28. The number of nitrogens with one attached hydrogen (secondary N) is 1. The number of amides is 1. The number of nitrogens with zero attached hydrogens (tertiary/aromatic N) is 2. The minimum Gasteiger partial charge on any atom is -0.448 e. The molecule has 7 nitrogen and oxygen atoms in total. The van der Waals surface area contributed by atoms with E-state index in [2.05, 4.69) is 9.71 Å². The number of fused-ring (bicyclic) bond motifs is 1. The van der Waals surface area contributed by atoms with Crippen molar-refractivity contribution < 1.29 is 17.6 Å². The highest BCUT2D eigenvalue weighted by molar-refractivity contribution is 7.89. The highest BCUT2D eigenvalue weighted by atomic mass is 32.2. The lowest BCUT2D eigenvalue weighted by atomic mass is 9.94. The summed E-state index contributed by atoms with van der Waals surface area (Å²) in [6, 6.07) is 5.24. The van der Waals surface area contributed by atoms with Gasteiger partial charge in [-0.15, -0.1) is 0 Å². The van der Waals surface area contributed by atoms with E-state index in [1.54, 1.807) is 24.0 Å². The molecular formula is C18H21N3O4S. The molecule has 1 aliphatic heterocycles. The van der Waals surface area contributed by atoms with Crippen LogP contribution < -0.4 is 4.72 Å². The second-order valence-electron chi connectivity index (χ2n) is 6.91. The van der Waals surface area contributed by atoms with E-state index in [9.17, 15) is 13.2 Å². The molecule has 2 aliphatic rings. The third-order valence-electron chi connectivity index (χ3n) is 5.16. The first-order chi connectivity index (χ1) is 12.4. The second kappa shape index (κ2) is 6.51. The van der Waals surface area contributed by atoms with Crippen LogP contribution in [0.1, 0.15) is 46.6 Å². The Morgan fingerprint density at radius 2 is 2.12 bits per heavy atom. The van der Waals surface area contributed by atoms with Crippen molar-refractivity contribution >= 4 is 15.9 Å². The van der Waals surface area contributed by atoms with Crippen molar-refractivity contribution in [3.8, 4) is 0 Å². The summed E-state index contributed by atoms with van der Waals surface area (Å²) >= 11 is 0. The minimum absolute atomic E-state index is 0.0456. The molecule has 2 aromatic rings. The van der Waals surface area contributed by atoms with Gasteiger partial charge in [0.25, 0.3) is 5.91 Å². The van der Waals surface area contributed by atoms with Gasteiger partial charge in [0, 0.05) is 19.1 Å². The maximum atomic E-state index is 12.6. The van der Waals surface area contributed by atoms with Crippen LogP contribution in [-0.4, -0.2) is 36.8 Å². The van der Waals surface area contributed by atoms with Crippen LogP contribution in [0.3, 0.4) is 0 Å². The number of aromatic nitrogens is 1. The van der Waals surface area contributed by atoms with E-state index in [0.717, 1.165) is 30.4 Å². The molecule has 2 heterocycles.